The van der Waals surface area contributed by atoms with Crippen LogP contribution in [0.4, 0.5) is 0 Å². The molecule has 0 radical (unpaired) electrons. The van der Waals surface area contributed by atoms with E-state index < -0.39 is 0 Å². The Bertz CT molecular complexity index is 250. The second-order valence-electron chi connectivity index (χ2n) is 5.41. The predicted molar refractivity (Wildman–Crippen MR) is 73.1 cm³/mol. The van der Waals surface area contributed by atoms with E-state index in [1.807, 2.05) is 4.90 Å². The lowest BCUT2D eigenvalue weighted by Crippen LogP contribution is -2.50. The monoisotopic (exact) mass is 256 g/mol. The first kappa shape index (κ1) is 15.4. The molecule has 0 aliphatic heterocycles. The highest BCUT2D eigenvalue weighted by Crippen LogP contribution is 2.37. The second kappa shape index (κ2) is 7.74. The lowest BCUT2D eigenvalue weighted by molar-refractivity contribution is -0.144. The molecule has 0 saturated heterocycles. The topological polar surface area (TPSA) is 66.6 Å². The standard InChI is InChI=1S/C14H28N2O2/c1-2-3-9-16(10-11-17)13(18)14(12-15)7-5-4-6-8-14/h17H,2-12,15H2,1H3. The largest absolute Gasteiger partial charge is 0.395 e. The van der Waals surface area contributed by atoms with Crippen molar-refractivity contribution in [2.45, 2.75) is 51.9 Å². The van der Waals surface area contributed by atoms with Crippen molar-refractivity contribution in [3.8, 4) is 0 Å². The molecule has 106 valence electrons. The summed E-state index contributed by atoms with van der Waals surface area (Å²) in [5.74, 6) is 0.173. The van der Waals surface area contributed by atoms with Crippen LogP contribution >= 0.6 is 0 Å². The summed E-state index contributed by atoms with van der Waals surface area (Å²) < 4.78 is 0. The maximum Gasteiger partial charge on any atom is 0.230 e. The number of hydrogen-bond acceptors (Lipinski definition) is 3. The van der Waals surface area contributed by atoms with Crippen molar-refractivity contribution in [2.24, 2.45) is 11.1 Å². The van der Waals surface area contributed by atoms with E-state index in [1.54, 1.807) is 0 Å². The van der Waals surface area contributed by atoms with Gasteiger partial charge in [-0.15, -0.1) is 0 Å². The Kier molecular flexibility index (Phi) is 6.65. The number of aliphatic hydroxyl groups excluding tert-OH is 1. The molecule has 0 aromatic heterocycles. The normalized spacial score (nSPS) is 18.6. The molecule has 0 bridgehead atoms. The van der Waals surface area contributed by atoms with Gasteiger partial charge in [-0.2, -0.15) is 0 Å². The van der Waals surface area contributed by atoms with Crippen LogP contribution in [-0.2, 0) is 4.79 Å². The third-order valence-corrected chi connectivity index (χ3v) is 4.09. The van der Waals surface area contributed by atoms with E-state index in [-0.39, 0.29) is 17.9 Å². The Morgan fingerprint density at radius 2 is 1.94 bits per heavy atom. The van der Waals surface area contributed by atoms with Crippen molar-refractivity contribution < 1.29 is 9.90 Å². The minimum absolute atomic E-state index is 0.0378. The summed E-state index contributed by atoms with van der Waals surface area (Å²) in [4.78, 5) is 14.5. The van der Waals surface area contributed by atoms with Crippen LogP contribution in [-0.4, -0.2) is 42.2 Å². The van der Waals surface area contributed by atoms with Crippen molar-refractivity contribution in [2.75, 3.05) is 26.2 Å². The first-order valence-electron chi connectivity index (χ1n) is 7.30. The summed E-state index contributed by atoms with van der Waals surface area (Å²) in [5, 5.41) is 9.11. The summed E-state index contributed by atoms with van der Waals surface area (Å²) in [6.45, 7) is 3.79. The van der Waals surface area contributed by atoms with E-state index in [4.69, 9.17) is 10.8 Å². The minimum atomic E-state index is -0.346. The summed E-state index contributed by atoms with van der Waals surface area (Å²) in [7, 11) is 0. The van der Waals surface area contributed by atoms with Gasteiger partial charge in [0.05, 0.1) is 12.0 Å². The van der Waals surface area contributed by atoms with Crippen molar-refractivity contribution in [1.82, 2.24) is 4.90 Å². The summed E-state index contributed by atoms with van der Waals surface area (Å²) in [6.07, 6.45) is 7.29. The molecule has 0 atom stereocenters. The number of aliphatic hydroxyl groups is 1. The van der Waals surface area contributed by atoms with Gasteiger partial charge in [0.25, 0.3) is 0 Å². The Morgan fingerprint density at radius 3 is 2.44 bits per heavy atom. The molecule has 0 heterocycles. The molecule has 0 aromatic carbocycles. The van der Waals surface area contributed by atoms with Gasteiger partial charge in [-0.05, 0) is 19.3 Å². The molecular weight excluding hydrogens is 228 g/mol. The van der Waals surface area contributed by atoms with Crippen LogP contribution in [0, 0.1) is 5.41 Å². The Morgan fingerprint density at radius 1 is 1.28 bits per heavy atom. The number of nitrogens with zero attached hydrogens (tertiary/aromatic N) is 1. The number of hydrogen-bond donors (Lipinski definition) is 2. The maximum absolute atomic E-state index is 12.7. The average molecular weight is 256 g/mol. The molecule has 0 aromatic rings. The van der Waals surface area contributed by atoms with Crippen LogP contribution in [0.25, 0.3) is 0 Å². The molecule has 0 spiro atoms. The lowest BCUT2D eigenvalue weighted by atomic mass is 9.73. The molecule has 1 aliphatic rings. The lowest BCUT2D eigenvalue weighted by Gasteiger charge is -2.39. The molecule has 3 N–H and O–H groups in total. The third-order valence-electron chi connectivity index (χ3n) is 4.09. The Hall–Kier alpha value is -0.610. The first-order chi connectivity index (χ1) is 8.70. The zero-order valence-electron chi connectivity index (χ0n) is 11.7. The van der Waals surface area contributed by atoms with Gasteiger partial charge in [0.1, 0.15) is 0 Å². The zero-order valence-corrected chi connectivity index (χ0v) is 11.7. The number of carbonyl (C=O) groups is 1. The molecule has 0 unspecified atom stereocenters. The van der Waals surface area contributed by atoms with Crippen molar-refractivity contribution in [3.63, 3.8) is 0 Å². The fourth-order valence-corrected chi connectivity index (χ4v) is 2.85. The van der Waals surface area contributed by atoms with Gasteiger partial charge in [-0.25, -0.2) is 0 Å². The first-order valence-corrected chi connectivity index (χ1v) is 7.30. The van der Waals surface area contributed by atoms with E-state index >= 15 is 0 Å². The van der Waals surface area contributed by atoms with Crippen LogP contribution in [0.1, 0.15) is 51.9 Å². The maximum atomic E-state index is 12.7. The molecule has 4 heteroatoms. The SMILES string of the molecule is CCCCN(CCO)C(=O)C1(CN)CCCCC1. The van der Waals surface area contributed by atoms with Crippen LogP contribution in [0.15, 0.2) is 0 Å². The molecule has 18 heavy (non-hydrogen) atoms. The van der Waals surface area contributed by atoms with Crippen LogP contribution in [0.5, 0.6) is 0 Å². The van der Waals surface area contributed by atoms with Gasteiger partial charge >= 0.3 is 0 Å². The summed E-state index contributed by atoms with van der Waals surface area (Å²) in [5.41, 5.74) is 5.55. The van der Waals surface area contributed by atoms with E-state index in [9.17, 15) is 4.79 Å². The highest BCUT2D eigenvalue weighted by atomic mass is 16.3. The second-order valence-corrected chi connectivity index (χ2v) is 5.41. The predicted octanol–water partition coefficient (Wildman–Crippen LogP) is 1.52. The summed E-state index contributed by atoms with van der Waals surface area (Å²) >= 11 is 0. The molecule has 1 aliphatic carbocycles. The third kappa shape index (κ3) is 3.69. The van der Waals surface area contributed by atoms with E-state index in [0.29, 0.717) is 13.1 Å². The van der Waals surface area contributed by atoms with Crippen LogP contribution in [0.3, 0.4) is 0 Å². The van der Waals surface area contributed by atoms with Crippen LogP contribution < -0.4 is 5.73 Å². The molecule has 1 fully saturated rings. The number of amides is 1. The highest BCUT2D eigenvalue weighted by molar-refractivity contribution is 5.83. The minimum Gasteiger partial charge on any atom is -0.395 e. The number of carbonyl (C=O) groups excluding carboxylic acids is 1. The van der Waals surface area contributed by atoms with Crippen molar-refractivity contribution >= 4 is 5.91 Å². The number of nitrogens with two attached hydrogens (primary N) is 1. The molecular formula is C14H28N2O2. The van der Waals surface area contributed by atoms with Gasteiger partial charge in [0.2, 0.25) is 5.91 Å². The average Bonchev–Trinajstić information content (AvgIpc) is 2.43. The fourth-order valence-electron chi connectivity index (χ4n) is 2.85. The van der Waals surface area contributed by atoms with Crippen molar-refractivity contribution in [1.29, 1.82) is 0 Å². The van der Waals surface area contributed by atoms with Crippen molar-refractivity contribution in [3.05, 3.63) is 0 Å². The van der Waals surface area contributed by atoms with E-state index in [0.717, 1.165) is 45.1 Å². The van der Waals surface area contributed by atoms with Gasteiger partial charge in [0.15, 0.2) is 0 Å². The molecule has 4 nitrogen and oxygen atoms in total. The smallest absolute Gasteiger partial charge is 0.230 e. The van der Waals surface area contributed by atoms with Gasteiger partial charge in [-0.1, -0.05) is 32.6 Å². The number of unbranched alkanes of at least 4 members (excludes halogenated alkanes) is 1. The Balaban J connectivity index is 2.71. The highest BCUT2D eigenvalue weighted by Gasteiger charge is 2.40. The molecule has 1 amide bonds. The van der Waals surface area contributed by atoms with E-state index in [1.165, 1.54) is 6.42 Å². The number of rotatable bonds is 7. The van der Waals surface area contributed by atoms with Gasteiger partial charge in [-0.3, -0.25) is 4.79 Å². The zero-order chi connectivity index (χ0) is 13.4. The summed E-state index contributed by atoms with van der Waals surface area (Å²) in [6, 6.07) is 0. The quantitative estimate of drug-likeness (QED) is 0.725. The fraction of sp³-hybridized carbons (Fsp3) is 0.929. The molecule has 1 rings (SSSR count). The Labute approximate surface area is 111 Å². The molecule has 1 saturated carbocycles. The van der Waals surface area contributed by atoms with Gasteiger partial charge < -0.3 is 15.7 Å². The van der Waals surface area contributed by atoms with E-state index in [2.05, 4.69) is 6.92 Å². The van der Waals surface area contributed by atoms with Gasteiger partial charge in [0, 0.05) is 19.6 Å². The van der Waals surface area contributed by atoms with Crippen LogP contribution in [0.2, 0.25) is 0 Å².